The molecule has 0 aliphatic carbocycles. The van der Waals surface area contributed by atoms with Crippen molar-refractivity contribution in [3.05, 3.63) is 76.1 Å². The molecule has 3 aromatic rings. The van der Waals surface area contributed by atoms with Crippen molar-refractivity contribution in [2.75, 3.05) is 20.3 Å². The Morgan fingerprint density at radius 2 is 1.87 bits per heavy atom. The fourth-order valence-corrected chi connectivity index (χ4v) is 3.78. The largest absolute Gasteiger partial charge is 0.383 e. The summed E-state index contributed by atoms with van der Waals surface area (Å²) in [5.74, 6) is -0.0724. The summed E-state index contributed by atoms with van der Waals surface area (Å²) < 4.78 is 20.2. The second-order valence-electron chi connectivity index (χ2n) is 7.37. The molecule has 0 saturated heterocycles. The third-order valence-electron chi connectivity index (χ3n) is 5.29. The fraction of sp³-hybridized carbons (Fsp3) is 0.375. The van der Waals surface area contributed by atoms with Crippen LogP contribution in [-0.2, 0) is 11.3 Å². The average molecular weight is 426 g/mol. The Labute approximate surface area is 181 Å². The van der Waals surface area contributed by atoms with Crippen LogP contribution in [0.3, 0.4) is 0 Å². The molecule has 0 aliphatic heterocycles. The zero-order chi connectivity index (χ0) is 22.4. The molecule has 0 aliphatic rings. The monoisotopic (exact) mass is 425 g/mol. The van der Waals surface area contributed by atoms with Gasteiger partial charge in [-0.25, -0.2) is 9.37 Å². The molecule has 164 valence electrons. The van der Waals surface area contributed by atoms with Crippen molar-refractivity contribution in [2.24, 2.45) is 0 Å². The summed E-state index contributed by atoms with van der Waals surface area (Å²) >= 11 is 0. The minimum Gasteiger partial charge on any atom is -0.383 e. The van der Waals surface area contributed by atoms with E-state index in [0.717, 1.165) is 6.42 Å². The van der Waals surface area contributed by atoms with Gasteiger partial charge in [-0.15, -0.1) is 0 Å². The molecule has 7 heteroatoms. The van der Waals surface area contributed by atoms with Crippen LogP contribution in [0.1, 0.15) is 48.9 Å². The van der Waals surface area contributed by atoms with Crippen LogP contribution in [0.15, 0.2) is 53.3 Å². The van der Waals surface area contributed by atoms with Crippen LogP contribution in [0.2, 0.25) is 0 Å². The van der Waals surface area contributed by atoms with Gasteiger partial charge in [0.2, 0.25) is 0 Å². The summed E-state index contributed by atoms with van der Waals surface area (Å²) in [6.07, 6.45) is 1.31. The van der Waals surface area contributed by atoms with Gasteiger partial charge in [0.15, 0.2) is 0 Å². The molecule has 6 nitrogen and oxygen atoms in total. The molecule has 0 bridgehead atoms. The normalized spacial score (nSPS) is 12.1. The van der Waals surface area contributed by atoms with E-state index in [1.807, 2.05) is 26.0 Å². The molecule has 1 unspecified atom stereocenters. The topological polar surface area (TPSA) is 64.4 Å². The highest BCUT2D eigenvalue weighted by molar-refractivity contribution is 5.94. The maximum absolute atomic E-state index is 13.4. The summed E-state index contributed by atoms with van der Waals surface area (Å²) in [7, 11) is 1.58. The molecule has 1 atom stereocenters. The second-order valence-corrected chi connectivity index (χ2v) is 7.37. The number of halogens is 1. The minimum absolute atomic E-state index is 0.151. The zero-order valence-corrected chi connectivity index (χ0v) is 18.2. The van der Waals surface area contributed by atoms with Gasteiger partial charge in [-0.2, -0.15) is 0 Å². The Bertz CT molecular complexity index is 1100. The SMILES string of the molecule is CCCN(C(=O)c1ccc(F)cc1)C(CC)c1nc2ccccc2c(=O)n1CCOC. The van der Waals surface area contributed by atoms with Gasteiger partial charge in [0.1, 0.15) is 11.6 Å². The predicted molar refractivity (Wildman–Crippen MR) is 119 cm³/mol. The average Bonchev–Trinajstić information content (AvgIpc) is 2.79. The highest BCUT2D eigenvalue weighted by Gasteiger charge is 2.28. The van der Waals surface area contributed by atoms with E-state index in [2.05, 4.69) is 0 Å². The number of carbonyl (C=O) groups is 1. The van der Waals surface area contributed by atoms with Crippen molar-refractivity contribution >= 4 is 16.8 Å². The second kappa shape index (κ2) is 10.3. The lowest BCUT2D eigenvalue weighted by Crippen LogP contribution is -2.39. The lowest BCUT2D eigenvalue weighted by molar-refractivity contribution is 0.0654. The number of ether oxygens (including phenoxy) is 1. The number of carbonyl (C=O) groups excluding carboxylic acids is 1. The number of benzene rings is 2. The molecule has 0 spiro atoms. The summed E-state index contributed by atoms with van der Waals surface area (Å²) in [5, 5.41) is 0.532. The van der Waals surface area contributed by atoms with Crippen molar-refractivity contribution in [3.63, 3.8) is 0 Å². The number of rotatable bonds is 9. The van der Waals surface area contributed by atoms with Gasteiger partial charge in [0.25, 0.3) is 11.5 Å². The van der Waals surface area contributed by atoms with Crippen molar-refractivity contribution < 1.29 is 13.9 Å². The molecule has 1 aromatic heterocycles. The van der Waals surface area contributed by atoms with Crippen LogP contribution in [0.4, 0.5) is 4.39 Å². The highest BCUT2D eigenvalue weighted by Crippen LogP contribution is 2.26. The van der Waals surface area contributed by atoms with Gasteiger partial charge < -0.3 is 9.64 Å². The van der Waals surface area contributed by atoms with Crippen LogP contribution < -0.4 is 5.56 Å². The number of nitrogens with zero attached hydrogens (tertiary/aromatic N) is 3. The first-order valence-corrected chi connectivity index (χ1v) is 10.6. The molecule has 31 heavy (non-hydrogen) atoms. The van der Waals surface area contributed by atoms with Gasteiger partial charge in [-0.05, 0) is 49.2 Å². The molecule has 2 aromatic carbocycles. The fourth-order valence-electron chi connectivity index (χ4n) is 3.78. The highest BCUT2D eigenvalue weighted by atomic mass is 19.1. The molecule has 3 rings (SSSR count). The summed E-state index contributed by atoms with van der Waals surface area (Å²) in [5.41, 5.74) is 0.849. The van der Waals surface area contributed by atoms with Gasteiger partial charge in [0, 0.05) is 19.2 Å². The minimum atomic E-state index is -0.410. The van der Waals surface area contributed by atoms with Crippen LogP contribution in [0.25, 0.3) is 10.9 Å². The van der Waals surface area contributed by atoms with E-state index in [4.69, 9.17) is 9.72 Å². The summed E-state index contributed by atoms with van der Waals surface area (Å²) in [6, 6.07) is 12.3. The Balaban J connectivity index is 2.14. The van der Waals surface area contributed by atoms with Gasteiger partial charge in [0.05, 0.1) is 30.1 Å². The summed E-state index contributed by atoms with van der Waals surface area (Å²) in [6.45, 7) is 5.13. The number of aromatic nitrogens is 2. The van der Waals surface area contributed by atoms with Crippen LogP contribution >= 0.6 is 0 Å². The van der Waals surface area contributed by atoms with E-state index < -0.39 is 11.9 Å². The lowest BCUT2D eigenvalue weighted by atomic mass is 10.1. The maximum Gasteiger partial charge on any atom is 0.261 e. The Hall–Kier alpha value is -3.06. The number of amides is 1. The van der Waals surface area contributed by atoms with E-state index in [1.54, 1.807) is 28.7 Å². The lowest BCUT2D eigenvalue weighted by Gasteiger charge is -2.32. The first-order valence-electron chi connectivity index (χ1n) is 10.6. The number of fused-ring (bicyclic) bond motifs is 1. The predicted octanol–water partition coefficient (Wildman–Crippen LogP) is 4.19. The smallest absolute Gasteiger partial charge is 0.261 e. The third kappa shape index (κ3) is 4.82. The standard InChI is InChI=1S/C24H28FN3O3/c1-4-14-27(23(29)17-10-12-18(25)13-11-17)21(5-2)22-26-20-9-7-6-8-19(20)24(30)28(22)15-16-31-3/h6-13,21H,4-5,14-16H2,1-3H3. The van der Waals surface area contributed by atoms with Gasteiger partial charge in [-0.3, -0.25) is 14.2 Å². The maximum atomic E-state index is 13.4. The van der Waals surface area contributed by atoms with E-state index in [9.17, 15) is 14.0 Å². The van der Waals surface area contributed by atoms with Crippen LogP contribution in [0.5, 0.6) is 0 Å². The number of para-hydroxylation sites is 1. The first kappa shape index (κ1) is 22.6. The Kier molecular flexibility index (Phi) is 7.52. The number of hydrogen-bond acceptors (Lipinski definition) is 4. The molecule has 1 heterocycles. The van der Waals surface area contributed by atoms with E-state index >= 15 is 0 Å². The van der Waals surface area contributed by atoms with Crippen LogP contribution in [0, 0.1) is 5.82 Å². The number of hydrogen-bond donors (Lipinski definition) is 0. The molecule has 1 amide bonds. The Morgan fingerprint density at radius 1 is 1.16 bits per heavy atom. The molecular weight excluding hydrogens is 397 g/mol. The van der Waals surface area contributed by atoms with Crippen molar-refractivity contribution in [3.8, 4) is 0 Å². The van der Waals surface area contributed by atoms with E-state index in [0.29, 0.717) is 48.4 Å². The van der Waals surface area contributed by atoms with Crippen LogP contribution in [-0.4, -0.2) is 40.6 Å². The van der Waals surface area contributed by atoms with E-state index in [-0.39, 0.29) is 11.5 Å². The third-order valence-corrected chi connectivity index (χ3v) is 5.29. The molecule has 0 radical (unpaired) electrons. The van der Waals surface area contributed by atoms with E-state index in [1.165, 1.54) is 24.3 Å². The quantitative estimate of drug-likeness (QED) is 0.516. The van der Waals surface area contributed by atoms with Crippen molar-refractivity contribution in [1.82, 2.24) is 14.5 Å². The zero-order valence-electron chi connectivity index (χ0n) is 18.2. The molecular formula is C24H28FN3O3. The van der Waals surface area contributed by atoms with Crippen molar-refractivity contribution in [2.45, 2.75) is 39.3 Å². The van der Waals surface area contributed by atoms with Gasteiger partial charge >= 0.3 is 0 Å². The number of methoxy groups -OCH3 is 1. The molecule has 0 N–H and O–H groups in total. The molecule has 0 saturated carbocycles. The molecule has 0 fully saturated rings. The van der Waals surface area contributed by atoms with Gasteiger partial charge in [-0.1, -0.05) is 26.0 Å². The summed E-state index contributed by atoms with van der Waals surface area (Å²) in [4.78, 5) is 33.1. The van der Waals surface area contributed by atoms with Crippen molar-refractivity contribution in [1.29, 1.82) is 0 Å². The Morgan fingerprint density at radius 3 is 2.52 bits per heavy atom. The first-order chi connectivity index (χ1) is 15.0.